The van der Waals surface area contributed by atoms with E-state index in [0.29, 0.717) is 0 Å². The molecule has 63 valence electrons. The van der Waals surface area contributed by atoms with Crippen LogP contribution in [-0.2, 0) is 5.11 Å². The molecule has 2 atom stereocenters. The first kappa shape index (κ1) is 7.56. The second kappa shape index (κ2) is 3.11. The van der Waals surface area contributed by atoms with E-state index in [4.69, 9.17) is 0 Å². The molecule has 1 radical (unpaired) electrons. The predicted octanol–water partition coefficient (Wildman–Crippen LogP) is 1.29. The summed E-state index contributed by atoms with van der Waals surface area (Å²) in [4.78, 5) is 2.52. The second-order valence-corrected chi connectivity index (χ2v) is 3.89. The summed E-state index contributed by atoms with van der Waals surface area (Å²) in [6.07, 6.45) is 5.10. The summed E-state index contributed by atoms with van der Waals surface area (Å²) in [5.74, 6) is 0.978. The standard InChI is InChI=1S/C9H16NO/c11-5-1-4-10-7-8-2-3-9(10)6-8/h8-9H,1-7H2. The van der Waals surface area contributed by atoms with Crippen molar-refractivity contribution in [1.82, 2.24) is 4.90 Å². The molecule has 0 amide bonds. The van der Waals surface area contributed by atoms with Gasteiger partial charge in [-0.1, -0.05) is 0 Å². The fourth-order valence-corrected chi connectivity index (χ4v) is 2.57. The average molecular weight is 154 g/mol. The molecule has 1 heterocycles. The Kier molecular flexibility index (Phi) is 2.14. The highest BCUT2D eigenvalue weighted by Crippen LogP contribution is 2.37. The zero-order valence-electron chi connectivity index (χ0n) is 6.96. The summed E-state index contributed by atoms with van der Waals surface area (Å²) in [6.45, 7) is 2.45. The van der Waals surface area contributed by atoms with Crippen LogP contribution in [0.25, 0.3) is 0 Å². The van der Waals surface area contributed by atoms with Gasteiger partial charge in [0.25, 0.3) is 0 Å². The van der Waals surface area contributed by atoms with Crippen molar-refractivity contribution in [2.45, 2.75) is 31.7 Å². The van der Waals surface area contributed by atoms with Crippen molar-refractivity contribution >= 4 is 0 Å². The van der Waals surface area contributed by atoms with E-state index in [-0.39, 0.29) is 6.61 Å². The minimum atomic E-state index is 0.105. The lowest BCUT2D eigenvalue weighted by Gasteiger charge is -2.25. The highest BCUT2D eigenvalue weighted by Gasteiger charge is 2.36. The van der Waals surface area contributed by atoms with Crippen LogP contribution in [0.5, 0.6) is 0 Å². The van der Waals surface area contributed by atoms with Gasteiger partial charge in [-0.15, -0.1) is 0 Å². The Morgan fingerprint density at radius 1 is 1.36 bits per heavy atom. The Morgan fingerprint density at radius 2 is 2.27 bits per heavy atom. The molecule has 0 spiro atoms. The van der Waals surface area contributed by atoms with Crippen molar-refractivity contribution in [2.75, 3.05) is 19.7 Å². The summed E-state index contributed by atoms with van der Waals surface area (Å²) in [5, 5.41) is 10.3. The zero-order chi connectivity index (χ0) is 7.68. The van der Waals surface area contributed by atoms with Gasteiger partial charge >= 0.3 is 0 Å². The van der Waals surface area contributed by atoms with Crippen LogP contribution in [-0.4, -0.2) is 30.6 Å². The topological polar surface area (TPSA) is 23.1 Å². The van der Waals surface area contributed by atoms with Gasteiger partial charge in [0.15, 0.2) is 0 Å². The first-order valence-electron chi connectivity index (χ1n) is 4.72. The summed E-state index contributed by atoms with van der Waals surface area (Å²) in [6, 6.07) is 0.853. The fourth-order valence-electron chi connectivity index (χ4n) is 2.57. The quantitative estimate of drug-likeness (QED) is 0.600. The Hall–Kier alpha value is -0.0800. The van der Waals surface area contributed by atoms with Crippen LogP contribution in [0.1, 0.15) is 25.7 Å². The minimum Gasteiger partial charge on any atom is -0.300 e. The molecule has 2 heteroatoms. The molecule has 1 aliphatic carbocycles. The summed E-state index contributed by atoms with van der Waals surface area (Å²) < 4.78 is 0. The SMILES string of the molecule is [O]CCCN1CC2CCC1C2. The van der Waals surface area contributed by atoms with Crippen LogP contribution in [0, 0.1) is 5.92 Å². The van der Waals surface area contributed by atoms with Crippen molar-refractivity contribution in [1.29, 1.82) is 0 Å². The first-order valence-corrected chi connectivity index (χ1v) is 4.72. The van der Waals surface area contributed by atoms with E-state index in [1.807, 2.05) is 0 Å². The summed E-state index contributed by atoms with van der Waals surface area (Å²) in [5.41, 5.74) is 0. The molecule has 11 heavy (non-hydrogen) atoms. The van der Waals surface area contributed by atoms with Crippen LogP contribution in [0.3, 0.4) is 0 Å². The lowest BCUT2D eigenvalue weighted by Crippen LogP contribution is -2.33. The van der Waals surface area contributed by atoms with Gasteiger partial charge in [-0.05, 0) is 31.6 Å². The van der Waals surface area contributed by atoms with Gasteiger partial charge in [0.05, 0.1) is 6.61 Å². The molecule has 0 aromatic rings. The largest absolute Gasteiger partial charge is 0.300 e. The molecule has 0 N–H and O–H groups in total. The van der Waals surface area contributed by atoms with Crippen LogP contribution in [0.2, 0.25) is 0 Å². The smallest absolute Gasteiger partial charge is 0.0834 e. The summed E-state index contributed by atoms with van der Waals surface area (Å²) in [7, 11) is 0. The van der Waals surface area contributed by atoms with E-state index in [1.54, 1.807) is 0 Å². The number of piperidine rings is 1. The van der Waals surface area contributed by atoms with Crippen molar-refractivity contribution in [2.24, 2.45) is 5.92 Å². The fraction of sp³-hybridized carbons (Fsp3) is 1.00. The van der Waals surface area contributed by atoms with Gasteiger partial charge in [0, 0.05) is 19.1 Å². The van der Waals surface area contributed by atoms with Crippen LogP contribution in [0.4, 0.5) is 0 Å². The van der Waals surface area contributed by atoms with E-state index in [2.05, 4.69) is 4.90 Å². The molecule has 2 nitrogen and oxygen atoms in total. The van der Waals surface area contributed by atoms with Crippen molar-refractivity contribution < 1.29 is 5.11 Å². The van der Waals surface area contributed by atoms with Gasteiger partial charge in [0.2, 0.25) is 0 Å². The zero-order valence-corrected chi connectivity index (χ0v) is 6.96. The number of nitrogens with zero attached hydrogens (tertiary/aromatic N) is 1. The molecular weight excluding hydrogens is 138 g/mol. The molecule has 2 unspecified atom stereocenters. The number of likely N-dealkylation sites (tertiary alicyclic amines) is 1. The average Bonchev–Trinajstić information content (AvgIpc) is 2.60. The molecule has 2 bridgehead atoms. The van der Waals surface area contributed by atoms with Gasteiger partial charge in [0.1, 0.15) is 0 Å². The molecule has 0 aromatic carbocycles. The highest BCUT2D eigenvalue weighted by molar-refractivity contribution is 4.91. The van der Waals surface area contributed by atoms with Gasteiger partial charge in [-0.3, -0.25) is 0 Å². The molecule has 1 aliphatic heterocycles. The van der Waals surface area contributed by atoms with E-state index in [0.717, 1.165) is 24.9 Å². The molecule has 2 rings (SSSR count). The van der Waals surface area contributed by atoms with E-state index >= 15 is 0 Å². The third kappa shape index (κ3) is 1.42. The number of hydrogen-bond acceptors (Lipinski definition) is 1. The Bertz CT molecular complexity index is 138. The normalized spacial score (nSPS) is 36.8. The number of fused-ring (bicyclic) bond motifs is 2. The van der Waals surface area contributed by atoms with Crippen LogP contribution in [0.15, 0.2) is 0 Å². The lowest BCUT2D eigenvalue weighted by atomic mass is 10.1. The van der Waals surface area contributed by atoms with Gasteiger partial charge in [-0.2, -0.15) is 0 Å². The van der Waals surface area contributed by atoms with E-state index in [1.165, 1.54) is 25.8 Å². The van der Waals surface area contributed by atoms with Crippen molar-refractivity contribution in [3.05, 3.63) is 0 Å². The molecule has 2 aliphatic rings. The van der Waals surface area contributed by atoms with Gasteiger partial charge in [-0.25, -0.2) is 5.11 Å². The Labute approximate surface area is 68.2 Å². The minimum absolute atomic E-state index is 0.105. The monoisotopic (exact) mass is 154 g/mol. The molecule has 0 aromatic heterocycles. The second-order valence-electron chi connectivity index (χ2n) is 3.89. The van der Waals surface area contributed by atoms with Crippen molar-refractivity contribution in [3.63, 3.8) is 0 Å². The predicted molar refractivity (Wildman–Crippen MR) is 42.9 cm³/mol. The molecule has 1 saturated carbocycles. The highest BCUT2D eigenvalue weighted by atomic mass is 16.3. The third-order valence-electron chi connectivity index (χ3n) is 3.11. The lowest BCUT2D eigenvalue weighted by molar-refractivity contribution is 0.150. The van der Waals surface area contributed by atoms with E-state index in [9.17, 15) is 5.11 Å². The molecular formula is C9H16NO. The summed E-state index contributed by atoms with van der Waals surface area (Å²) >= 11 is 0. The Balaban J connectivity index is 1.78. The number of hydrogen-bond donors (Lipinski definition) is 0. The third-order valence-corrected chi connectivity index (χ3v) is 3.11. The number of rotatable bonds is 3. The maximum Gasteiger partial charge on any atom is 0.0834 e. The first-order chi connectivity index (χ1) is 5.40. The maximum atomic E-state index is 10.3. The Morgan fingerprint density at radius 3 is 2.82 bits per heavy atom. The maximum absolute atomic E-state index is 10.3. The van der Waals surface area contributed by atoms with E-state index < -0.39 is 0 Å². The van der Waals surface area contributed by atoms with Gasteiger partial charge < -0.3 is 4.90 Å². The van der Waals surface area contributed by atoms with Crippen LogP contribution >= 0.6 is 0 Å². The van der Waals surface area contributed by atoms with Crippen LogP contribution < -0.4 is 0 Å². The molecule has 1 saturated heterocycles. The molecule has 2 fully saturated rings. The van der Waals surface area contributed by atoms with Crippen molar-refractivity contribution in [3.8, 4) is 0 Å².